The molecule has 8 heteroatoms. The summed E-state index contributed by atoms with van der Waals surface area (Å²) in [6, 6.07) is 14.8. The van der Waals surface area contributed by atoms with Crippen molar-refractivity contribution < 1.29 is 17.6 Å². The van der Waals surface area contributed by atoms with Gasteiger partial charge in [-0.05, 0) is 55.3 Å². The molecule has 1 amide bonds. The number of nitrogens with zero attached hydrogens (tertiary/aromatic N) is 1. The maximum Gasteiger partial charge on any atom is 0.291 e. The number of sulfonamides is 1. The summed E-state index contributed by atoms with van der Waals surface area (Å²) in [6.07, 6.45) is 1.49. The molecule has 0 radical (unpaired) electrons. The lowest BCUT2D eigenvalue weighted by molar-refractivity contribution is 0.0995. The first-order valence-corrected chi connectivity index (χ1v) is 11.7. The predicted molar refractivity (Wildman–Crippen MR) is 119 cm³/mol. The molecule has 6 nitrogen and oxygen atoms in total. The highest BCUT2D eigenvalue weighted by Gasteiger charge is 2.22. The lowest BCUT2D eigenvalue weighted by Crippen LogP contribution is -2.23. The van der Waals surface area contributed by atoms with Gasteiger partial charge in [-0.15, -0.1) is 11.8 Å². The monoisotopic (exact) mass is 444 g/mol. The highest BCUT2D eigenvalue weighted by atomic mass is 32.2. The molecule has 3 aromatic rings. The van der Waals surface area contributed by atoms with Gasteiger partial charge in [0.2, 0.25) is 10.0 Å². The van der Waals surface area contributed by atoms with Gasteiger partial charge in [0.15, 0.2) is 5.76 Å². The smallest absolute Gasteiger partial charge is 0.291 e. The van der Waals surface area contributed by atoms with Crippen molar-refractivity contribution in [2.75, 3.05) is 19.4 Å². The average molecular weight is 445 g/mol. The fourth-order valence-electron chi connectivity index (χ4n) is 2.82. The number of carbonyl (C=O) groups excluding carboxylic acids is 1. The molecule has 0 aliphatic heterocycles. The fraction of sp³-hybridized carbons (Fsp3) is 0.227. The second-order valence-electron chi connectivity index (χ2n) is 7.03. The molecular weight excluding hydrogens is 420 g/mol. The largest absolute Gasteiger partial charge is 0.459 e. The van der Waals surface area contributed by atoms with Gasteiger partial charge in [0, 0.05) is 36.0 Å². The van der Waals surface area contributed by atoms with E-state index in [-0.39, 0.29) is 10.7 Å². The van der Waals surface area contributed by atoms with E-state index in [4.69, 9.17) is 4.42 Å². The number of aryl methyl sites for hydroxylation is 1. The van der Waals surface area contributed by atoms with Crippen LogP contribution >= 0.6 is 11.8 Å². The Morgan fingerprint density at radius 3 is 2.47 bits per heavy atom. The maximum absolute atomic E-state index is 12.9. The quantitative estimate of drug-likeness (QED) is 0.535. The first-order valence-electron chi connectivity index (χ1n) is 9.29. The molecule has 158 valence electrons. The summed E-state index contributed by atoms with van der Waals surface area (Å²) in [7, 11) is -0.671. The number of rotatable bonds is 7. The molecule has 0 atom stereocenters. The third kappa shape index (κ3) is 4.77. The predicted octanol–water partition coefficient (Wildman–Crippen LogP) is 4.69. The molecule has 0 saturated carbocycles. The number of carbonyl (C=O) groups is 1. The number of hydrogen-bond donors (Lipinski definition) is 1. The maximum atomic E-state index is 12.9. The Kier molecular flexibility index (Phi) is 6.70. The van der Waals surface area contributed by atoms with E-state index in [9.17, 15) is 13.2 Å². The Morgan fingerprint density at radius 2 is 1.80 bits per heavy atom. The van der Waals surface area contributed by atoms with Gasteiger partial charge in [-0.25, -0.2) is 12.7 Å². The van der Waals surface area contributed by atoms with Crippen molar-refractivity contribution >= 4 is 33.4 Å². The first-order chi connectivity index (χ1) is 14.2. The average Bonchev–Trinajstić information content (AvgIpc) is 3.19. The summed E-state index contributed by atoms with van der Waals surface area (Å²) in [5, 5.41) is 2.82. The van der Waals surface area contributed by atoms with Crippen LogP contribution in [0.1, 0.15) is 27.2 Å². The second-order valence-corrected chi connectivity index (χ2v) is 10.2. The van der Waals surface area contributed by atoms with Gasteiger partial charge in [0.1, 0.15) is 0 Å². The van der Waals surface area contributed by atoms with Crippen molar-refractivity contribution in [3.05, 3.63) is 77.2 Å². The molecule has 1 aromatic heterocycles. The summed E-state index contributed by atoms with van der Waals surface area (Å²) in [5.74, 6) is 0.387. The van der Waals surface area contributed by atoms with Gasteiger partial charge in [-0.1, -0.05) is 18.2 Å². The summed E-state index contributed by atoms with van der Waals surface area (Å²) in [5.41, 5.74) is 2.78. The molecule has 0 aliphatic rings. The number of nitrogens with one attached hydrogen (secondary N) is 1. The van der Waals surface area contributed by atoms with Gasteiger partial charge in [0.05, 0.1) is 11.2 Å². The first kappa shape index (κ1) is 22.1. The van der Waals surface area contributed by atoms with Gasteiger partial charge in [0.25, 0.3) is 5.91 Å². The zero-order valence-electron chi connectivity index (χ0n) is 17.3. The summed E-state index contributed by atoms with van der Waals surface area (Å²) in [4.78, 5) is 14.1. The van der Waals surface area contributed by atoms with E-state index in [0.717, 1.165) is 25.9 Å². The Morgan fingerprint density at radius 1 is 1.10 bits per heavy atom. The molecule has 0 saturated heterocycles. The third-order valence-electron chi connectivity index (χ3n) is 4.76. The van der Waals surface area contributed by atoms with Crippen LogP contribution in [0.15, 0.2) is 69.0 Å². The van der Waals surface area contributed by atoms with Crippen LogP contribution in [-0.2, 0) is 15.8 Å². The topological polar surface area (TPSA) is 79.6 Å². The SMILES string of the molecule is Cc1cc(S(=O)(=O)N(C)C)cc(NC(=O)c2occc2CSc2ccccc2)c1C. The molecule has 0 unspecified atom stereocenters. The van der Waals surface area contributed by atoms with Gasteiger partial charge >= 0.3 is 0 Å². The van der Waals surface area contributed by atoms with E-state index in [1.807, 2.05) is 44.2 Å². The van der Waals surface area contributed by atoms with Crippen molar-refractivity contribution in [3.63, 3.8) is 0 Å². The van der Waals surface area contributed by atoms with Gasteiger partial charge in [-0.2, -0.15) is 0 Å². The molecule has 0 fully saturated rings. The summed E-state index contributed by atoms with van der Waals surface area (Å²) < 4.78 is 31.6. The molecule has 1 N–H and O–H groups in total. The highest BCUT2D eigenvalue weighted by molar-refractivity contribution is 7.98. The highest BCUT2D eigenvalue weighted by Crippen LogP contribution is 2.28. The van der Waals surface area contributed by atoms with E-state index < -0.39 is 15.9 Å². The van der Waals surface area contributed by atoms with Crippen molar-refractivity contribution in [1.82, 2.24) is 4.31 Å². The van der Waals surface area contributed by atoms with Crippen LogP contribution in [0.3, 0.4) is 0 Å². The van der Waals surface area contributed by atoms with E-state index in [1.54, 1.807) is 23.9 Å². The van der Waals surface area contributed by atoms with Crippen LogP contribution in [0.4, 0.5) is 5.69 Å². The molecule has 1 heterocycles. The Bertz CT molecular complexity index is 1150. The zero-order chi connectivity index (χ0) is 21.9. The molecule has 3 rings (SSSR count). The normalized spacial score (nSPS) is 11.6. The van der Waals surface area contributed by atoms with Crippen LogP contribution in [0.25, 0.3) is 0 Å². The van der Waals surface area contributed by atoms with Crippen molar-refractivity contribution in [3.8, 4) is 0 Å². The van der Waals surface area contributed by atoms with Crippen molar-refractivity contribution in [2.24, 2.45) is 0 Å². The zero-order valence-corrected chi connectivity index (χ0v) is 18.9. The number of thioether (sulfide) groups is 1. The lowest BCUT2D eigenvalue weighted by atomic mass is 10.1. The fourth-order valence-corrected chi connectivity index (χ4v) is 4.73. The number of hydrogen-bond acceptors (Lipinski definition) is 5. The Hall–Kier alpha value is -2.55. The van der Waals surface area contributed by atoms with E-state index in [0.29, 0.717) is 11.4 Å². The number of benzene rings is 2. The van der Waals surface area contributed by atoms with E-state index in [2.05, 4.69) is 5.32 Å². The third-order valence-corrected chi connectivity index (χ3v) is 7.61. The standard InChI is InChI=1S/C22H24N2O4S2/c1-15-12-19(30(26,27)24(3)4)13-20(16(15)2)23-22(25)21-17(10-11-28-21)14-29-18-8-6-5-7-9-18/h5-13H,14H2,1-4H3,(H,23,25). The van der Waals surface area contributed by atoms with Crippen molar-refractivity contribution in [1.29, 1.82) is 0 Å². The minimum absolute atomic E-state index is 0.130. The van der Waals surface area contributed by atoms with Crippen LogP contribution in [0.2, 0.25) is 0 Å². The number of amides is 1. The van der Waals surface area contributed by atoms with Crippen molar-refractivity contribution in [2.45, 2.75) is 29.4 Å². The number of furan rings is 1. The van der Waals surface area contributed by atoms with Gasteiger partial charge < -0.3 is 9.73 Å². The second kappa shape index (κ2) is 9.07. The molecule has 0 aliphatic carbocycles. The Balaban J connectivity index is 1.83. The Labute approximate surface area is 181 Å². The molecular formula is C22H24N2O4S2. The molecule has 30 heavy (non-hydrogen) atoms. The van der Waals surface area contributed by atoms with Crippen LogP contribution in [-0.4, -0.2) is 32.7 Å². The summed E-state index contributed by atoms with van der Waals surface area (Å²) >= 11 is 1.61. The van der Waals surface area contributed by atoms with Crippen LogP contribution < -0.4 is 5.32 Å². The van der Waals surface area contributed by atoms with Crippen LogP contribution in [0, 0.1) is 13.8 Å². The van der Waals surface area contributed by atoms with E-state index >= 15 is 0 Å². The molecule has 0 spiro atoms. The minimum Gasteiger partial charge on any atom is -0.459 e. The van der Waals surface area contributed by atoms with E-state index in [1.165, 1.54) is 26.4 Å². The number of anilines is 1. The van der Waals surface area contributed by atoms with Gasteiger partial charge in [-0.3, -0.25) is 4.79 Å². The lowest BCUT2D eigenvalue weighted by Gasteiger charge is -2.16. The van der Waals surface area contributed by atoms with Crippen LogP contribution in [0.5, 0.6) is 0 Å². The minimum atomic E-state index is -3.62. The summed E-state index contributed by atoms with van der Waals surface area (Å²) in [6.45, 7) is 3.65. The molecule has 0 bridgehead atoms. The molecule has 2 aromatic carbocycles.